The number of rotatable bonds is 9. The molecule has 0 fully saturated rings. The van der Waals surface area contributed by atoms with Crippen molar-refractivity contribution in [1.82, 2.24) is 10.2 Å². The van der Waals surface area contributed by atoms with Gasteiger partial charge in [-0.1, -0.05) is 55.1 Å². The number of carbonyl (C=O) groups is 1. The summed E-state index contributed by atoms with van der Waals surface area (Å²) in [6.45, 7) is 3.85. The maximum atomic E-state index is 12.7. The van der Waals surface area contributed by atoms with Crippen LogP contribution in [-0.4, -0.2) is 42.6 Å². The van der Waals surface area contributed by atoms with Gasteiger partial charge in [0.05, 0.1) is 11.9 Å². The van der Waals surface area contributed by atoms with Crippen molar-refractivity contribution in [2.24, 2.45) is 0 Å². The van der Waals surface area contributed by atoms with Gasteiger partial charge in [0.15, 0.2) is 4.34 Å². The topological polar surface area (TPSA) is 92.3 Å². The standard InChI is InChI=1S/C16H22N4O3S3/c1-4-11-24-16-19-18-15(25-16)17-14(21)13(5-2)20(26(3,22)23)12-9-7-6-8-10-12/h6-10,13H,4-5,11H2,1-3H3,(H,17,18,21)/t13-/m0/s1. The van der Waals surface area contributed by atoms with Gasteiger partial charge in [-0.25, -0.2) is 8.42 Å². The number of aromatic nitrogens is 2. The van der Waals surface area contributed by atoms with Crippen molar-refractivity contribution < 1.29 is 13.2 Å². The number of sulfonamides is 1. The highest BCUT2D eigenvalue weighted by atomic mass is 32.2. The lowest BCUT2D eigenvalue weighted by Crippen LogP contribution is -2.46. The molecule has 1 atom stereocenters. The van der Waals surface area contributed by atoms with Crippen molar-refractivity contribution in [3.05, 3.63) is 30.3 Å². The lowest BCUT2D eigenvalue weighted by molar-refractivity contribution is -0.117. The molecule has 0 aliphatic rings. The molecule has 1 aromatic heterocycles. The average Bonchev–Trinajstić information content (AvgIpc) is 3.04. The van der Waals surface area contributed by atoms with E-state index in [9.17, 15) is 13.2 Å². The fourth-order valence-electron chi connectivity index (χ4n) is 2.33. The summed E-state index contributed by atoms with van der Waals surface area (Å²) in [7, 11) is -3.64. The molecule has 26 heavy (non-hydrogen) atoms. The minimum Gasteiger partial charge on any atom is -0.299 e. The zero-order chi connectivity index (χ0) is 19.2. The van der Waals surface area contributed by atoms with E-state index in [1.807, 2.05) is 0 Å². The third kappa shape index (κ3) is 5.42. The van der Waals surface area contributed by atoms with Gasteiger partial charge in [0.2, 0.25) is 21.1 Å². The van der Waals surface area contributed by atoms with E-state index >= 15 is 0 Å². The van der Waals surface area contributed by atoms with E-state index in [0.29, 0.717) is 17.2 Å². The molecule has 142 valence electrons. The number of para-hydroxylation sites is 1. The van der Waals surface area contributed by atoms with Crippen molar-refractivity contribution in [3.8, 4) is 0 Å². The predicted octanol–water partition coefficient (Wildman–Crippen LogP) is 3.22. The number of benzene rings is 1. The summed E-state index contributed by atoms with van der Waals surface area (Å²) in [6.07, 6.45) is 2.44. The molecule has 2 rings (SSSR count). The molecule has 0 radical (unpaired) electrons. The SMILES string of the molecule is CCCSc1nnc(NC(=O)[C@H](CC)N(c2ccccc2)S(C)(=O)=O)s1. The Bertz CT molecular complexity index is 824. The molecule has 0 aliphatic carbocycles. The number of hydrogen-bond donors (Lipinski definition) is 1. The fourth-order valence-corrected chi connectivity index (χ4v) is 5.22. The summed E-state index contributed by atoms with van der Waals surface area (Å²) in [6, 6.07) is 7.73. The second kappa shape index (κ2) is 9.33. The first-order valence-corrected chi connectivity index (χ1v) is 11.8. The van der Waals surface area contributed by atoms with Crippen LogP contribution in [0.15, 0.2) is 34.7 Å². The Balaban J connectivity index is 2.21. The molecule has 0 bridgehead atoms. The molecule has 10 heteroatoms. The van der Waals surface area contributed by atoms with Crippen LogP contribution in [0, 0.1) is 0 Å². The summed E-state index contributed by atoms with van der Waals surface area (Å²) in [5.41, 5.74) is 0.452. The molecule has 1 N–H and O–H groups in total. The zero-order valence-electron chi connectivity index (χ0n) is 14.9. The fraction of sp³-hybridized carbons (Fsp3) is 0.438. The van der Waals surface area contributed by atoms with E-state index in [-0.39, 0.29) is 0 Å². The normalized spacial score (nSPS) is 12.6. The van der Waals surface area contributed by atoms with Crippen LogP contribution < -0.4 is 9.62 Å². The summed E-state index contributed by atoms with van der Waals surface area (Å²) in [4.78, 5) is 12.7. The molecule has 0 spiro atoms. The van der Waals surface area contributed by atoms with Crippen LogP contribution in [0.4, 0.5) is 10.8 Å². The second-order valence-electron chi connectivity index (χ2n) is 5.53. The van der Waals surface area contributed by atoms with E-state index in [0.717, 1.165) is 27.1 Å². The lowest BCUT2D eigenvalue weighted by Gasteiger charge is -2.29. The highest BCUT2D eigenvalue weighted by Crippen LogP contribution is 2.27. The predicted molar refractivity (Wildman–Crippen MR) is 107 cm³/mol. The van der Waals surface area contributed by atoms with Gasteiger partial charge >= 0.3 is 0 Å². The largest absolute Gasteiger partial charge is 0.299 e. The van der Waals surface area contributed by atoms with Crippen molar-refractivity contribution in [3.63, 3.8) is 0 Å². The van der Waals surface area contributed by atoms with Gasteiger partial charge in [-0.15, -0.1) is 10.2 Å². The number of anilines is 2. The minimum absolute atomic E-state index is 0.323. The van der Waals surface area contributed by atoms with Gasteiger partial charge in [0, 0.05) is 5.75 Å². The number of nitrogens with zero attached hydrogens (tertiary/aromatic N) is 3. The smallest absolute Gasteiger partial charge is 0.250 e. The Kier molecular flexibility index (Phi) is 7.42. The van der Waals surface area contributed by atoms with Crippen molar-refractivity contribution in [2.45, 2.75) is 37.1 Å². The molecule has 0 saturated heterocycles. The Labute approximate surface area is 162 Å². The maximum absolute atomic E-state index is 12.7. The molecule has 0 aliphatic heterocycles. The molecule has 2 aromatic rings. The zero-order valence-corrected chi connectivity index (χ0v) is 17.3. The summed E-state index contributed by atoms with van der Waals surface area (Å²) in [5.74, 6) is 0.501. The first kappa shape index (κ1) is 20.7. The number of nitrogens with one attached hydrogen (secondary N) is 1. The van der Waals surface area contributed by atoms with Crippen LogP contribution in [0.2, 0.25) is 0 Å². The first-order valence-electron chi connectivity index (χ1n) is 8.18. The first-order chi connectivity index (χ1) is 12.4. The van der Waals surface area contributed by atoms with Gasteiger partial charge < -0.3 is 0 Å². The van der Waals surface area contributed by atoms with E-state index in [1.54, 1.807) is 49.0 Å². The van der Waals surface area contributed by atoms with E-state index < -0.39 is 22.0 Å². The van der Waals surface area contributed by atoms with Crippen LogP contribution in [-0.2, 0) is 14.8 Å². The maximum Gasteiger partial charge on any atom is 0.250 e. The van der Waals surface area contributed by atoms with Crippen LogP contribution >= 0.6 is 23.1 Å². The molecule has 0 unspecified atom stereocenters. The minimum atomic E-state index is -3.64. The summed E-state index contributed by atoms with van der Waals surface area (Å²) in [5, 5.41) is 11.1. The van der Waals surface area contributed by atoms with Crippen LogP contribution in [0.1, 0.15) is 26.7 Å². The Morgan fingerprint density at radius 2 is 1.96 bits per heavy atom. The Morgan fingerprint density at radius 1 is 1.27 bits per heavy atom. The van der Waals surface area contributed by atoms with Gasteiger partial charge in [0.25, 0.3) is 0 Å². The molecular formula is C16H22N4O3S3. The van der Waals surface area contributed by atoms with Gasteiger partial charge in [0.1, 0.15) is 6.04 Å². The number of hydrogen-bond acceptors (Lipinski definition) is 7. The molecule has 7 nitrogen and oxygen atoms in total. The van der Waals surface area contributed by atoms with E-state index in [2.05, 4.69) is 22.4 Å². The number of carbonyl (C=O) groups excluding carboxylic acids is 1. The quantitative estimate of drug-likeness (QED) is 0.500. The van der Waals surface area contributed by atoms with Crippen LogP contribution in [0.25, 0.3) is 0 Å². The average molecular weight is 415 g/mol. The highest BCUT2D eigenvalue weighted by Gasteiger charge is 2.31. The van der Waals surface area contributed by atoms with Crippen molar-refractivity contribution in [1.29, 1.82) is 0 Å². The third-order valence-electron chi connectivity index (χ3n) is 3.41. The third-order valence-corrected chi connectivity index (χ3v) is 6.76. The summed E-state index contributed by atoms with van der Waals surface area (Å²) < 4.78 is 26.6. The van der Waals surface area contributed by atoms with E-state index in [1.165, 1.54) is 11.3 Å². The van der Waals surface area contributed by atoms with Crippen LogP contribution in [0.3, 0.4) is 0 Å². The van der Waals surface area contributed by atoms with Crippen molar-refractivity contribution >= 4 is 49.8 Å². The highest BCUT2D eigenvalue weighted by molar-refractivity contribution is 8.01. The van der Waals surface area contributed by atoms with Gasteiger partial charge in [-0.05, 0) is 25.0 Å². The molecule has 1 amide bonds. The molecular weight excluding hydrogens is 392 g/mol. The monoisotopic (exact) mass is 414 g/mol. The molecule has 1 heterocycles. The Morgan fingerprint density at radius 3 is 2.54 bits per heavy atom. The van der Waals surface area contributed by atoms with Crippen LogP contribution in [0.5, 0.6) is 0 Å². The Hall–Kier alpha value is -1.65. The van der Waals surface area contributed by atoms with E-state index in [4.69, 9.17) is 0 Å². The molecule has 0 saturated carbocycles. The van der Waals surface area contributed by atoms with Gasteiger partial charge in [-0.3, -0.25) is 14.4 Å². The molecule has 1 aromatic carbocycles. The second-order valence-corrected chi connectivity index (χ2v) is 9.71. The van der Waals surface area contributed by atoms with Gasteiger partial charge in [-0.2, -0.15) is 0 Å². The number of amides is 1. The lowest BCUT2D eigenvalue weighted by atomic mass is 10.2. The summed E-state index contributed by atoms with van der Waals surface area (Å²) >= 11 is 2.86. The number of thioether (sulfide) groups is 1. The van der Waals surface area contributed by atoms with Crippen molar-refractivity contribution in [2.75, 3.05) is 21.6 Å².